The number of hydrogen-bond acceptors (Lipinski definition) is 7. The average molecular weight is 520 g/mol. The highest BCUT2D eigenvalue weighted by Gasteiger charge is 2.47. The Bertz CT molecular complexity index is 1240. The minimum Gasteiger partial charge on any atom is -0.378 e. The predicted octanol–water partition coefficient (Wildman–Crippen LogP) is 4.26. The van der Waals surface area contributed by atoms with Crippen molar-refractivity contribution in [2.24, 2.45) is 11.8 Å². The van der Waals surface area contributed by atoms with Gasteiger partial charge < -0.3 is 14.6 Å². The van der Waals surface area contributed by atoms with E-state index in [4.69, 9.17) is 4.84 Å². The summed E-state index contributed by atoms with van der Waals surface area (Å²) >= 11 is 0. The normalized spacial score (nSPS) is 21.9. The van der Waals surface area contributed by atoms with Gasteiger partial charge in [0.25, 0.3) is 11.8 Å². The minimum atomic E-state index is -0.605. The van der Waals surface area contributed by atoms with E-state index in [0.717, 1.165) is 28.1 Å². The molecule has 3 aliphatic rings. The van der Waals surface area contributed by atoms with Crippen molar-refractivity contribution in [3.63, 3.8) is 0 Å². The second-order valence-corrected chi connectivity index (χ2v) is 11.2. The second kappa shape index (κ2) is 10.6. The number of allylic oxidation sites excluding steroid dienone is 4. The summed E-state index contributed by atoms with van der Waals surface area (Å²) in [6, 6.07) is 4.18. The van der Waals surface area contributed by atoms with Crippen molar-refractivity contribution in [3.05, 3.63) is 58.8 Å². The van der Waals surface area contributed by atoms with Gasteiger partial charge in [0.1, 0.15) is 0 Å². The highest BCUT2D eigenvalue weighted by Crippen LogP contribution is 2.49. The van der Waals surface area contributed by atoms with Gasteiger partial charge in [-0.05, 0) is 47.6 Å². The van der Waals surface area contributed by atoms with Gasteiger partial charge in [-0.2, -0.15) is 0 Å². The number of amides is 2. The number of hydroxylamine groups is 2. The van der Waals surface area contributed by atoms with E-state index in [1.807, 2.05) is 63.5 Å². The Hall–Kier alpha value is -3.68. The average Bonchev–Trinajstić information content (AvgIpc) is 3.18. The van der Waals surface area contributed by atoms with Crippen molar-refractivity contribution in [1.82, 2.24) is 9.96 Å². The topological polar surface area (TPSA) is 87.2 Å². The number of benzene rings is 1. The summed E-state index contributed by atoms with van der Waals surface area (Å²) in [5, 5.41) is 0.578. The van der Waals surface area contributed by atoms with Crippen LogP contribution in [0.15, 0.2) is 42.1 Å². The van der Waals surface area contributed by atoms with Crippen LogP contribution in [0.2, 0.25) is 0 Å². The molecule has 1 heterocycles. The van der Waals surface area contributed by atoms with Crippen LogP contribution in [0.4, 0.5) is 5.69 Å². The Morgan fingerprint density at radius 3 is 2.39 bits per heavy atom. The largest absolute Gasteiger partial charge is 0.378 e. The number of imide groups is 1. The Morgan fingerprint density at radius 1 is 1.08 bits per heavy atom. The quantitative estimate of drug-likeness (QED) is 0.375. The molecule has 1 fully saturated rings. The Morgan fingerprint density at radius 2 is 1.76 bits per heavy atom. The van der Waals surface area contributed by atoms with Crippen LogP contribution in [0.3, 0.4) is 0 Å². The van der Waals surface area contributed by atoms with Crippen LogP contribution in [0.5, 0.6) is 0 Å². The number of unbranched alkanes of at least 4 members (excludes halogenated alkanes) is 1. The number of ketones is 1. The molecule has 0 bridgehead atoms. The number of Topliss-reactive ketones (excluding diaryl/α,β-unsaturated/α-hetero) is 1. The van der Waals surface area contributed by atoms with E-state index in [9.17, 15) is 19.2 Å². The van der Waals surface area contributed by atoms with Gasteiger partial charge in [0.2, 0.25) is 0 Å². The first-order valence-corrected chi connectivity index (χ1v) is 13.1. The molecule has 2 unspecified atom stereocenters. The fraction of sp³-hybridized carbons (Fsp3) is 0.467. The van der Waals surface area contributed by atoms with Crippen molar-refractivity contribution < 1.29 is 24.0 Å². The zero-order valence-corrected chi connectivity index (χ0v) is 23.1. The van der Waals surface area contributed by atoms with E-state index in [2.05, 4.69) is 30.9 Å². The summed E-state index contributed by atoms with van der Waals surface area (Å²) in [7, 11) is 8.01. The van der Waals surface area contributed by atoms with Crippen LogP contribution in [-0.4, -0.2) is 61.7 Å². The third-order valence-electron chi connectivity index (χ3n) is 7.72. The molecule has 0 radical (unpaired) electrons. The molecule has 0 aromatic heterocycles. The lowest BCUT2D eigenvalue weighted by molar-refractivity contribution is -0.197. The van der Waals surface area contributed by atoms with Crippen molar-refractivity contribution in [3.8, 4) is 0 Å². The van der Waals surface area contributed by atoms with E-state index in [1.54, 1.807) is 0 Å². The van der Waals surface area contributed by atoms with Crippen LogP contribution in [-0.2, 0) is 24.6 Å². The first-order valence-electron chi connectivity index (χ1n) is 13.1. The van der Waals surface area contributed by atoms with Crippen LogP contribution in [0.1, 0.15) is 67.4 Å². The summed E-state index contributed by atoms with van der Waals surface area (Å²) < 4.78 is 0. The first-order chi connectivity index (χ1) is 17.9. The van der Waals surface area contributed by atoms with Crippen molar-refractivity contribution >= 4 is 35.3 Å². The van der Waals surface area contributed by atoms with Gasteiger partial charge in [-0.3, -0.25) is 14.4 Å². The smallest absolute Gasteiger partial charge is 0.333 e. The molecule has 0 spiro atoms. The minimum absolute atomic E-state index is 0.0551. The molecule has 202 valence electrons. The number of fused-ring (bicyclic) bond motifs is 2. The fourth-order valence-electron chi connectivity index (χ4n) is 5.42. The predicted molar refractivity (Wildman–Crippen MR) is 146 cm³/mol. The SMILES string of the molecule is CN(C)C1=CC2C(C=C1)C(=O)c1c(/C=C/CCCC(=O)ON3C(=O)CCC3=O)cc(N(C)C)cc1C2(C)C. The monoisotopic (exact) mass is 519 g/mol. The molecule has 0 saturated carbocycles. The maximum atomic E-state index is 13.9. The molecule has 2 atom stereocenters. The summed E-state index contributed by atoms with van der Waals surface area (Å²) in [5.41, 5.74) is 4.54. The lowest BCUT2D eigenvalue weighted by Gasteiger charge is -2.45. The summed E-state index contributed by atoms with van der Waals surface area (Å²) in [5.74, 6) is -1.60. The Kier molecular flexibility index (Phi) is 7.63. The zero-order chi connectivity index (χ0) is 27.8. The van der Waals surface area contributed by atoms with E-state index in [-0.39, 0.29) is 42.3 Å². The fourth-order valence-corrected chi connectivity index (χ4v) is 5.42. The van der Waals surface area contributed by atoms with E-state index in [1.165, 1.54) is 0 Å². The Balaban J connectivity index is 1.54. The number of anilines is 1. The van der Waals surface area contributed by atoms with Gasteiger partial charge in [-0.25, -0.2) is 4.79 Å². The van der Waals surface area contributed by atoms with Crippen molar-refractivity contribution in [2.75, 3.05) is 33.1 Å². The highest BCUT2D eigenvalue weighted by molar-refractivity contribution is 6.06. The van der Waals surface area contributed by atoms with Gasteiger partial charge in [-0.15, -0.1) is 5.06 Å². The van der Waals surface area contributed by atoms with Gasteiger partial charge in [-0.1, -0.05) is 38.2 Å². The lowest BCUT2D eigenvalue weighted by atomic mass is 9.58. The van der Waals surface area contributed by atoms with Crippen molar-refractivity contribution in [1.29, 1.82) is 0 Å². The van der Waals surface area contributed by atoms with Crippen LogP contribution in [0, 0.1) is 11.8 Å². The van der Waals surface area contributed by atoms with Crippen LogP contribution < -0.4 is 4.90 Å². The van der Waals surface area contributed by atoms with E-state index in [0.29, 0.717) is 17.9 Å². The van der Waals surface area contributed by atoms with Crippen molar-refractivity contribution in [2.45, 2.75) is 51.4 Å². The third kappa shape index (κ3) is 5.17. The van der Waals surface area contributed by atoms with Gasteiger partial charge in [0.15, 0.2) is 5.78 Å². The second-order valence-electron chi connectivity index (χ2n) is 11.2. The maximum absolute atomic E-state index is 13.9. The molecule has 2 amide bonds. The molecule has 4 rings (SSSR count). The molecule has 1 saturated heterocycles. The standard InChI is InChI=1S/C30H37N3O5/c1-30(2)23-17-20(31(3)4)12-13-22(23)29(37)28-19(16-21(32(5)6)18-24(28)30)10-8-7-9-11-27(36)38-33-25(34)14-15-26(33)35/h8,10,12-13,16-18,22-23H,7,9,11,14-15H2,1-6H3/b10-8+. The molecule has 1 aromatic carbocycles. The molecular weight excluding hydrogens is 482 g/mol. The van der Waals surface area contributed by atoms with Gasteiger partial charge in [0, 0.05) is 76.2 Å². The van der Waals surface area contributed by atoms with Crippen LogP contribution in [0.25, 0.3) is 6.08 Å². The number of carbonyl (C=O) groups excluding carboxylic acids is 4. The number of hydrogen-bond donors (Lipinski definition) is 0. The molecule has 1 aromatic rings. The first kappa shape index (κ1) is 27.4. The molecule has 8 heteroatoms. The summed E-state index contributed by atoms with van der Waals surface area (Å²) in [4.78, 5) is 58.3. The molecule has 2 aliphatic carbocycles. The zero-order valence-electron chi connectivity index (χ0n) is 23.1. The molecule has 8 nitrogen and oxygen atoms in total. The number of rotatable bonds is 8. The lowest BCUT2D eigenvalue weighted by Crippen LogP contribution is -2.44. The summed E-state index contributed by atoms with van der Waals surface area (Å²) in [6.45, 7) is 4.43. The maximum Gasteiger partial charge on any atom is 0.333 e. The summed E-state index contributed by atoms with van der Waals surface area (Å²) in [6.07, 6.45) is 11.5. The number of likely N-dealkylation sites (N-methyl/N-ethyl adjacent to an activating group) is 1. The highest BCUT2D eigenvalue weighted by atomic mass is 16.7. The molecule has 38 heavy (non-hydrogen) atoms. The van der Waals surface area contributed by atoms with Gasteiger partial charge in [0.05, 0.1) is 0 Å². The molecule has 0 N–H and O–H groups in total. The van der Waals surface area contributed by atoms with Gasteiger partial charge >= 0.3 is 5.97 Å². The Labute approximate surface area is 224 Å². The molecular formula is C30H37N3O5. The van der Waals surface area contributed by atoms with Crippen LogP contribution >= 0.6 is 0 Å². The third-order valence-corrected chi connectivity index (χ3v) is 7.72. The van der Waals surface area contributed by atoms with E-state index < -0.39 is 17.8 Å². The molecule has 1 aliphatic heterocycles. The van der Waals surface area contributed by atoms with E-state index >= 15 is 0 Å². The number of carbonyl (C=O) groups is 4. The number of nitrogens with zero attached hydrogens (tertiary/aromatic N) is 3.